The minimum Gasteiger partial charge on any atom is -0.444 e. The largest absolute Gasteiger partial charge is 0.444 e. The van der Waals surface area contributed by atoms with E-state index in [0.29, 0.717) is 47.7 Å². The van der Waals surface area contributed by atoms with Crippen molar-refractivity contribution in [1.29, 1.82) is 5.26 Å². The van der Waals surface area contributed by atoms with Gasteiger partial charge in [0.2, 0.25) is 11.9 Å². The average molecular weight is 572 g/mol. The van der Waals surface area contributed by atoms with Gasteiger partial charge in [-0.1, -0.05) is 17.9 Å². The molecule has 218 valence electrons. The smallest absolute Gasteiger partial charge is 0.410 e. The van der Waals surface area contributed by atoms with Crippen molar-refractivity contribution in [2.75, 3.05) is 24.2 Å². The summed E-state index contributed by atoms with van der Waals surface area (Å²) in [6.45, 7) is 7.31. The molecule has 0 saturated heterocycles. The first-order valence-electron chi connectivity index (χ1n) is 13.3. The summed E-state index contributed by atoms with van der Waals surface area (Å²) in [6.07, 6.45) is 2.06. The van der Waals surface area contributed by atoms with Crippen LogP contribution in [0.2, 0.25) is 0 Å². The van der Waals surface area contributed by atoms with Gasteiger partial charge in [0.05, 0.1) is 23.4 Å². The average Bonchev–Trinajstić information content (AvgIpc) is 2.94. The van der Waals surface area contributed by atoms with Gasteiger partial charge >= 0.3 is 6.09 Å². The quantitative estimate of drug-likeness (QED) is 0.227. The number of likely N-dealkylation sites (N-methyl/N-ethyl adjacent to an activating group) is 1. The third kappa shape index (κ3) is 9.79. The topological polar surface area (TPSA) is 132 Å². The van der Waals surface area contributed by atoms with E-state index in [1.54, 1.807) is 70.3 Å². The summed E-state index contributed by atoms with van der Waals surface area (Å²) < 4.78 is 18.9. The second kappa shape index (κ2) is 14.5. The molecule has 2 aromatic carbocycles. The zero-order chi connectivity index (χ0) is 30.7. The molecular weight excluding hydrogens is 537 g/mol. The lowest BCUT2D eigenvalue weighted by molar-refractivity contribution is -0.125. The van der Waals surface area contributed by atoms with Crippen LogP contribution in [-0.4, -0.2) is 52.1 Å². The molecule has 0 bridgehead atoms. The normalized spacial score (nSPS) is 11.3. The number of amides is 2. The highest BCUT2D eigenvalue weighted by molar-refractivity contribution is 5.85. The molecule has 0 saturated carbocycles. The molecule has 2 amide bonds. The van der Waals surface area contributed by atoms with Gasteiger partial charge in [0, 0.05) is 31.4 Å². The maximum absolute atomic E-state index is 13.6. The van der Waals surface area contributed by atoms with Gasteiger partial charge in [0.1, 0.15) is 17.5 Å². The molecule has 0 aliphatic heterocycles. The van der Waals surface area contributed by atoms with Gasteiger partial charge in [-0.15, -0.1) is 0 Å². The van der Waals surface area contributed by atoms with Crippen molar-refractivity contribution in [2.24, 2.45) is 0 Å². The van der Waals surface area contributed by atoms with E-state index in [4.69, 9.17) is 10.00 Å². The molecule has 0 aliphatic carbocycles. The molecule has 10 nitrogen and oxygen atoms in total. The second-order valence-corrected chi connectivity index (χ2v) is 10.4. The van der Waals surface area contributed by atoms with Gasteiger partial charge in [0.15, 0.2) is 5.82 Å². The molecule has 1 heterocycles. The highest BCUT2D eigenvalue weighted by Gasteiger charge is 2.26. The molecular formula is C31H34FN7O3. The fourth-order valence-electron chi connectivity index (χ4n) is 3.45. The third-order valence-electron chi connectivity index (χ3n) is 5.79. The molecule has 0 unspecified atom stereocenters. The van der Waals surface area contributed by atoms with Gasteiger partial charge in [0.25, 0.3) is 0 Å². The summed E-state index contributed by atoms with van der Waals surface area (Å²) in [7, 11) is 1.52. The van der Waals surface area contributed by atoms with E-state index in [1.165, 1.54) is 24.1 Å². The summed E-state index contributed by atoms with van der Waals surface area (Å²) in [5.74, 6) is 6.12. The number of rotatable bonds is 9. The SMILES string of the molecule is C[C@@H](C(=O)NCCCC#Cc1cnc(Nc2cccc(F)c2)nc1Nc1ccc(C#N)cc1)N(C)C(=O)OC(C)(C)C. The van der Waals surface area contributed by atoms with Crippen molar-refractivity contribution < 1.29 is 18.7 Å². The number of anilines is 4. The Labute approximate surface area is 245 Å². The zero-order valence-electron chi connectivity index (χ0n) is 24.3. The first-order valence-corrected chi connectivity index (χ1v) is 13.3. The van der Waals surface area contributed by atoms with Gasteiger partial charge < -0.3 is 20.7 Å². The number of nitriles is 1. The molecule has 0 fully saturated rings. The fourth-order valence-corrected chi connectivity index (χ4v) is 3.45. The van der Waals surface area contributed by atoms with E-state index >= 15 is 0 Å². The van der Waals surface area contributed by atoms with Crippen molar-refractivity contribution in [3.8, 4) is 17.9 Å². The summed E-state index contributed by atoms with van der Waals surface area (Å²) in [5, 5.41) is 18.1. The van der Waals surface area contributed by atoms with Crippen LogP contribution in [0, 0.1) is 29.0 Å². The van der Waals surface area contributed by atoms with Gasteiger partial charge in [-0.3, -0.25) is 9.69 Å². The number of unbranched alkanes of at least 4 members (excludes halogenated alkanes) is 1. The summed E-state index contributed by atoms with van der Waals surface area (Å²) in [4.78, 5) is 34.8. The van der Waals surface area contributed by atoms with E-state index in [0.717, 1.165) is 0 Å². The minimum absolute atomic E-state index is 0.246. The van der Waals surface area contributed by atoms with E-state index in [9.17, 15) is 14.0 Å². The summed E-state index contributed by atoms with van der Waals surface area (Å²) in [5.41, 5.74) is 1.59. The number of carbonyl (C=O) groups is 2. The number of hydrogen-bond donors (Lipinski definition) is 3. The van der Waals surface area contributed by atoms with Gasteiger partial charge in [-0.25, -0.2) is 14.2 Å². The number of benzene rings is 2. The monoisotopic (exact) mass is 571 g/mol. The van der Waals surface area contributed by atoms with Crippen molar-refractivity contribution in [1.82, 2.24) is 20.2 Å². The molecule has 1 aromatic heterocycles. The lowest BCUT2D eigenvalue weighted by Crippen LogP contribution is -2.47. The Morgan fingerprint density at radius 2 is 1.86 bits per heavy atom. The van der Waals surface area contributed by atoms with Crippen LogP contribution in [0.1, 0.15) is 51.7 Å². The maximum atomic E-state index is 13.6. The predicted molar refractivity (Wildman–Crippen MR) is 159 cm³/mol. The molecule has 42 heavy (non-hydrogen) atoms. The lowest BCUT2D eigenvalue weighted by atomic mass is 10.2. The molecule has 3 aromatic rings. The van der Waals surface area contributed by atoms with Crippen LogP contribution in [0.25, 0.3) is 0 Å². The number of ether oxygens (including phenoxy) is 1. The molecule has 0 aliphatic rings. The van der Waals surface area contributed by atoms with Crippen molar-refractivity contribution >= 4 is 35.1 Å². The standard InChI is InChI=1S/C31H34FN7O3/c1-21(39(5)30(41)42-31(2,3)4)28(40)34-17-8-6-7-10-23-20-35-29(37-26-12-9-11-24(32)18-26)38-27(23)36-25-15-13-22(19-33)14-16-25/h9,11-16,18,20-21H,6,8,17H2,1-5H3,(H,34,40)(H2,35,36,37,38)/t21-/m0/s1. The molecule has 3 rings (SSSR count). The fraction of sp³-hybridized carbons (Fsp3) is 0.323. The van der Waals surface area contributed by atoms with Crippen molar-refractivity contribution in [3.05, 3.63) is 71.7 Å². The van der Waals surface area contributed by atoms with E-state index < -0.39 is 17.7 Å². The number of nitrogens with zero attached hydrogens (tertiary/aromatic N) is 4. The first-order chi connectivity index (χ1) is 19.9. The minimum atomic E-state index is -0.696. The Kier molecular flexibility index (Phi) is 10.8. The van der Waals surface area contributed by atoms with Crippen LogP contribution in [0.15, 0.2) is 54.7 Å². The van der Waals surface area contributed by atoms with Crippen LogP contribution in [0.5, 0.6) is 0 Å². The van der Waals surface area contributed by atoms with Crippen LogP contribution >= 0.6 is 0 Å². The number of nitrogens with one attached hydrogen (secondary N) is 3. The summed E-state index contributed by atoms with van der Waals surface area (Å²) in [6, 6.07) is 14.2. The first kappa shape index (κ1) is 31.4. The molecule has 0 radical (unpaired) electrons. The van der Waals surface area contributed by atoms with E-state index in [2.05, 4.69) is 43.8 Å². The Morgan fingerprint density at radius 1 is 1.12 bits per heavy atom. The molecule has 11 heteroatoms. The lowest BCUT2D eigenvalue weighted by Gasteiger charge is -2.28. The molecule has 3 N–H and O–H groups in total. The Bertz CT molecular complexity index is 1500. The second-order valence-electron chi connectivity index (χ2n) is 10.4. The predicted octanol–water partition coefficient (Wildman–Crippen LogP) is 5.48. The highest BCUT2D eigenvalue weighted by atomic mass is 19.1. The Hall–Kier alpha value is -5.16. The highest BCUT2D eigenvalue weighted by Crippen LogP contribution is 2.22. The Balaban J connectivity index is 1.63. The van der Waals surface area contributed by atoms with Gasteiger partial charge in [-0.05, 0) is 76.6 Å². The van der Waals surface area contributed by atoms with Crippen LogP contribution in [0.3, 0.4) is 0 Å². The molecule has 0 spiro atoms. The number of carbonyl (C=O) groups excluding carboxylic acids is 2. The number of hydrogen-bond acceptors (Lipinski definition) is 8. The van der Waals surface area contributed by atoms with Crippen molar-refractivity contribution in [2.45, 2.75) is 52.2 Å². The van der Waals surface area contributed by atoms with Crippen molar-refractivity contribution in [3.63, 3.8) is 0 Å². The van der Waals surface area contributed by atoms with E-state index in [1.807, 2.05) is 0 Å². The third-order valence-corrected chi connectivity index (χ3v) is 5.79. The van der Waals surface area contributed by atoms with Crippen LogP contribution in [0.4, 0.5) is 32.3 Å². The van der Waals surface area contributed by atoms with E-state index in [-0.39, 0.29) is 17.7 Å². The van der Waals surface area contributed by atoms with Crippen LogP contribution < -0.4 is 16.0 Å². The number of aromatic nitrogens is 2. The summed E-state index contributed by atoms with van der Waals surface area (Å²) >= 11 is 0. The Morgan fingerprint density at radius 3 is 2.52 bits per heavy atom. The molecule has 1 atom stereocenters. The maximum Gasteiger partial charge on any atom is 0.410 e. The van der Waals surface area contributed by atoms with Crippen LogP contribution in [-0.2, 0) is 9.53 Å². The van der Waals surface area contributed by atoms with Gasteiger partial charge in [-0.2, -0.15) is 10.2 Å². The number of halogens is 1. The zero-order valence-corrected chi connectivity index (χ0v) is 24.3.